The van der Waals surface area contributed by atoms with E-state index in [1.54, 1.807) is 6.07 Å². The van der Waals surface area contributed by atoms with Crippen molar-refractivity contribution in [1.82, 2.24) is 0 Å². The van der Waals surface area contributed by atoms with Gasteiger partial charge in [0.15, 0.2) is 0 Å². The van der Waals surface area contributed by atoms with Gasteiger partial charge < -0.3 is 5.11 Å². The number of hydrogen-bond acceptors (Lipinski definition) is 5. The molecule has 0 saturated heterocycles. The maximum Gasteiger partial charge on any atom is 0.324 e. The minimum absolute atomic E-state index is 0.0213. The maximum atomic E-state index is 10.3. The maximum absolute atomic E-state index is 10.3. The van der Waals surface area contributed by atoms with Crippen molar-refractivity contribution in [3.8, 4) is 6.07 Å². The fourth-order valence-corrected chi connectivity index (χ4v) is 1.61. The molecule has 1 aromatic rings. The predicted molar refractivity (Wildman–Crippen MR) is 46.2 cm³/mol. The van der Waals surface area contributed by atoms with E-state index < -0.39 is 11.0 Å². The quantitative estimate of drug-likeness (QED) is 0.590. The molecule has 0 spiro atoms. The molecule has 0 aliphatic carbocycles. The van der Waals surface area contributed by atoms with Crippen LogP contribution in [0.5, 0.6) is 0 Å². The molecule has 1 aromatic heterocycles. The number of nitro groups is 1. The van der Waals surface area contributed by atoms with Crippen molar-refractivity contribution in [2.45, 2.75) is 12.5 Å². The molecule has 0 bridgehead atoms. The molecular weight excluding hydrogens is 192 g/mol. The normalized spacial score (nSPS) is 12.0. The molecule has 0 aliphatic heterocycles. The van der Waals surface area contributed by atoms with Crippen LogP contribution in [0, 0.1) is 21.4 Å². The van der Waals surface area contributed by atoms with Gasteiger partial charge >= 0.3 is 5.00 Å². The van der Waals surface area contributed by atoms with Gasteiger partial charge in [0, 0.05) is 10.9 Å². The molecule has 1 rings (SSSR count). The molecule has 6 heteroatoms. The van der Waals surface area contributed by atoms with Crippen LogP contribution in [0.15, 0.2) is 12.1 Å². The summed E-state index contributed by atoms with van der Waals surface area (Å²) in [6.45, 7) is 0. The molecule has 0 amide bonds. The molecule has 68 valence electrons. The number of aliphatic hydroxyl groups is 1. The molecule has 1 N–H and O–H groups in total. The summed E-state index contributed by atoms with van der Waals surface area (Å²) in [7, 11) is 0. The molecule has 1 unspecified atom stereocenters. The van der Waals surface area contributed by atoms with Crippen LogP contribution in [0.25, 0.3) is 0 Å². The predicted octanol–water partition coefficient (Wildman–Crippen LogP) is 1.60. The van der Waals surface area contributed by atoms with Crippen LogP contribution in [0.1, 0.15) is 17.4 Å². The van der Waals surface area contributed by atoms with E-state index in [-0.39, 0.29) is 11.4 Å². The van der Waals surface area contributed by atoms with Crippen LogP contribution in [0.2, 0.25) is 0 Å². The number of aliphatic hydroxyl groups excluding tert-OH is 1. The Morgan fingerprint density at radius 3 is 2.92 bits per heavy atom. The first-order valence-electron chi connectivity index (χ1n) is 3.44. The van der Waals surface area contributed by atoms with Crippen molar-refractivity contribution in [2.75, 3.05) is 0 Å². The first kappa shape index (κ1) is 9.64. The summed E-state index contributed by atoms with van der Waals surface area (Å²) in [6.07, 6.45) is -0.957. The highest BCUT2D eigenvalue weighted by Crippen LogP contribution is 2.29. The number of nitriles is 1. The zero-order valence-corrected chi connectivity index (χ0v) is 7.32. The smallest absolute Gasteiger partial charge is 0.324 e. The third-order valence-electron chi connectivity index (χ3n) is 1.41. The number of rotatable bonds is 3. The summed E-state index contributed by atoms with van der Waals surface area (Å²) in [5, 5.41) is 27.8. The van der Waals surface area contributed by atoms with E-state index in [9.17, 15) is 15.2 Å². The summed E-state index contributed by atoms with van der Waals surface area (Å²) < 4.78 is 0. The van der Waals surface area contributed by atoms with Gasteiger partial charge in [0.05, 0.1) is 17.4 Å². The summed E-state index contributed by atoms with van der Waals surface area (Å²) in [5.74, 6) is 0. The van der Waals surface area contributed by atoms with Crippen LogP contribution >= 0.6 is 11.3 Å². The summed E-state index contributed by atoms with van der Waals surface area (Å²) in [6, 6.07) is 4.57. The van der Waals surface area contributed by atoms with Crippen LogP contribution in [0.4, 0.5) is 5.00 Å². The minimum atomic E-state index is -0.913. The Morgan fingerprint density at radius 1 is 1.77 bits per heavy atom. The second kappa shape index (κ2) is 3.98. The topological polar surface area (TPSA) is 87.2 Å². The van der Waals surface area contributed by atoms with Gasteiger partial charge in [-0.25, -0.2) is 0 Å². The first-order chi connectivity index (χ1) is 6.15. The highest BCUT2D eigenvalue weighted by atomic mass is 32.1. The molecule has 0 radical (unpaired) electrons. The van der Waals surface area contributed by atoms with Crippen LogP contribution in [0.3, 0.4) is 0 Å². The Hall–Kier alpha value is -1.45. The monoisotopic (exact) mass is 198 g/mol. The van der Waals surface area contributed by atoms with Crippen molar-refractivity contribution >= 4 is 16.3 Å². The Morgan fingerprint density at radius 2 is 2.46 bits per heavy atom. The van der Waals surface area contributed by atoms with Gasteiger partial charge in [-0.3, -0.25) is 10.1 Å². The molecule has 0 fully saturated rings. The Balaban J connectivity index is 2.80. The second-order valence-corrected chi connectivity index (χ2v) is 3.40. The molecule has 5 nitrogen and oxygen atoms in total. The average Bonchev–Trinajstić information content (AvgIpc) is 2.52. The van der Waals surface area contributed by atoms with Crippen LogP contribution in [-0.4, -0.2) is 10.0 Å². The molecule has 0 aromatic carbocycles. The molecular formula is C7H6N2O3S. The fraction of sp³-hybridized carbons (Fsp3) is 0.286. The van der Waals surface area contributed by atoms with Crippen molar-refractivity contribution in [1.29, 1.82) is 5.26 Å². The van der Waals surface area contributed by atoms with Gasteiger partial charge in [-0.05, 0) is 6.07 Å². The first-order valence-corrected chi connectivity index (χ1v) is 4.26. The summed E-state index contributed by atoms with van der Waals surface area (Å²) in [5.41, 5.74) is 0. The van der Waals surface area contributed by atoms with Crippen LogP contribution in [-0.2, 0) is 0 Å². The lowest BCUT2D eigenvalue weighted by Gasteiger charge is -1.99. The van der Waals surface area contributed by atoms with Gasteiger partial charge in [-0.2, -0.15) is 5.26 Å². The highest BCUT2D eigenvalue weighted by Gasteiger charge is 2.15. The summed E-state index contributed by atoms with van der Waals surface area (Å²) in [4.78, 5) is 10.2. The third kappa shape index (κ3) is 2.24. The van der Waals surface area contributed by atoms with Gasteiger partial charge in [-0.1, -0.05) is 11.3 Å². The number of hydrogen-bond donors (Lipinski definition) is 1. The number of thiophene rings is 1. The molecule has 1 atom stereocenters. The zero-order valence-electron chi connectivity index (χ0n) is 6.51. The van der Waals surface area contributed by atoms with Gasteiger partial charge in [0.2, 0.25) is 0 Å². The highest BCUT2D eigenvalue weighted by molar-refractivity contribution is 7.15. The average molecular weight is 198 g/mol. The van der Waals surface area contributed by atoms with E-state index in [2.05, 4.69) is 0 Å². The number of nitrogens with zero attached hydrogens (tertiary/aromatic N) is 2. The van der Waals surface area contributed by atoms with Gasteiger partial charge in [0.1, 0.15) is 6.10 Å². The molecule has 13 heavy (non-hydrogen) atoms. The van der Waals surface area contributed by atoms with Crippen molar-refractivity contribution in [3.05, 3.63) is 27.1 Å². The second-order valence-electron chi connectivity index (χ2n) is 2.31. The van der Waals surface area contributed by atoms with E-state index in [0.717, 1.165) is 11.3 Å². The Labute approximate surface area is 78.0 Å². The van der Waals surface area contributed by atoms with Crippen LogP contribution < -0.4 is 0 Å². The van der Waals surface area contributed by atoms with Crippen molar-refractivity contribution < 1.29 is 10.0 Å². The standard InChI is InChI=1S/C7H6N2O3S/c8-4-3-5(10)6-1-2-7(13-6)9(11)12/h1-2,5,10H,3H2. The summed E-state index contributed by atoms with van der Waals surface area (Å²) >= 11 is 0.889. The van der Waals surface area contributed by atoms with E-state index in [1.807, 2.05) is 0 Å². The Kier molecular flexibility index (Phi) is 2.95. The van der Waals surface area contributed by atoms with Gasteiger partial charge in [-0.15, -0.1) is 0 Å². The van der Waals surface area contributed by atoms with E-state index in [1.165, 1.54) is 12.1 Å². The zero-order chi connectivity index (χ0) is 9.84. The lowest BCUT2D eigenvalue weighted by atomic mass is 10.2. The van der Waals surface area contributed by atoms with E-state index in [0.29, 0.717) is 4.88 Å². The molecule has 0 saturated carbocycles. The minimum Gasteiger partial charge on any atom is -0.386 e. The molecule has 0 aliphatic rings. The van der Waals surface area contributed by atoms with Gasteiger partial charge in [0.25, 0.3) is 0 Å². The Bertz CT molecular complexity index is 355. The fourth-order valence-electron chi connectivity index (χ4n) is 0.806. The third-order valence-corrected chi connectivity index (χ3v) is 2.54. The van der Waals surface area contributed by atoms with Crippen molar-refractivity contribution in [2.24, 2.45) is 0 Å². The lowest BCUT2D eigenvalue weighted by molar-refractivity contribution is -0.380. The largest absolute Gasteiger partial charge is 0.386 e. The van der Waals surface area contributed by atoms with Crippen molar-refractivity contribution in [3.63, 3.8) is 0 Å². The SMILES string of the molecule is N#CCC(O)c1ccc([N+](=O)[O-])s1. The van der Waals surface area contributed by atoms with E-state index >= 15 is 0 Å². The lowest BCUT2D eigenvalue weighted by Crippen LogP contribution is -1.91. The van der Waals surface area contributed by atoms with E-state index in [4.69, 9.17) is 5.26 Å². The molecule has 1 heterocycles.